The minimum Gasteiger partial charge on any atom is -0.496 e. The predicted octanol–water partition coefficient (Wildman–Crippen LogP) is 5.17. The summed E-state index contributed by atoms with van der Waals surface area (Å²) in [6.45, 7) is 11.4. The number of ether oxygens (including phenoxy) is 1. The minimum absolute atomic E-state index is 0.0943. The first-order valence-corrected chi connectivity index (χ1v) is 13.3. The first kappa shape index (κ1) is 22.0. The van der Waals surface area contributed by atoms with Gasteiger partial charge in [-0.05, 0) is 54.0 Å². The topological polar surface area (TPSA) is 67.8 Å². The van der Waals surface area contributed by atoms with Gasteiger partial charge >= 0.3 is 0 Å². The lowest BCUT2D eigenvalue weighted by molar-refractivity contribution is -0.129. The number of anilines is 1. The van der Waals surface area contributed by atoms with E-state index in [9.17, 15) is 9.90 Å². The van der Waals surface area contributed by atoms with Gasteiger partial charge in [0, 0.05) is 21.3 Å². The smallest absolute Gasteiger partial charge is 0.266 e. The Balaban J connectivity index is 2.03. The first-order valence-electron chi connectivity index (χ1n) is 9.55. The van der Waals surface area contributed by atoms with Crippen LogP contribution in [0.3, 0.4) is 0 Å². The number of fused-ring (bicyclic) bond motifs is 1. The van der Waals surface area contributed by atoms with Crippen molar-refractivity contribution >= 4 is 35.8 Å². The van der Waals surface area contributed by atoms with Crippen molar-refractivity contribution in [3.05, 3.63) is 57.6 Å². The van der Waals surface area contributed by atoms with Crippen molar-refractivity contribution < 1.29 is 19.1 Å². The molecule has 0 bridgehead atoms. The predicted molar refractivity (Wildman–Crippen MR) is 121 cm³/mol. The largest absolute Gasteiger partial charge is 0.496 e. The highest BCUT2D eigenvalue weighted by Crippen LogP contribution is 2.45. The van der Waals surface area contributed by atoms with Crippen molar-refractivity contribution in [2.45, 2.75) is 51.1 Å². The van der Waals surface area contributed by atoms with E-state index in [0.29, 0.717) is 29.2 Å². The number of benzene rings is 2. The van der Waals surface area contributed by atoms with Crippen molar-refractivity contribution in [2.24, 2.45) is 0 Å². The molecule has 2 aromatic rings. The number of nitrogens with one attached hydrogen (secondary N) is 1. The van der Waals surface area contributed by atoms with Crippen LogP contribution < -0.4 is 10.1 Å². The van der Waals surface area contributed by atoms with Crippen molar-refractivity contribution in [1.82, 2.24) is 0 Å². The molecular weight excluding hydrogens is 450 g/mol. The Morgan fingerprint density at radius 3 is 2.45 bits per heavy atom. The Bertz CT molecular complexity index is 954. The molecule has 0 fully saturated rings. The molecule has 29 heavy (non-hydrogen) atoms. The van der Waals surface area contributed by atoms with Crippen LogP contribution in [0.15, 0.2) is 40.9 Å². The Kier molecular flexibility index (Phi) is 5.73. The van der Waals surface area contributed by atoms with Crippen molar-refractivity contribution in [3.63, 3.8) is 0 Å². The van der Waals surface area contributed by atoms with Gasteiger partial charge in [0.05, 0.1) is 13.7 Å². The molecule has 1 amide bonds. The third-order valence-corrected chi connectivity index (χ3v) is 11.0. The average Bonchev–Trinajstić information content (AvgIpc) is 2.90. The molecule has 0 radical (unpaired) electrons. The summed E-state index contributed by atoms with van der Waals surface area (Å²) >= 11 is 3.43. The molecule has 0 saturated heterocycles. The minimum atomic E-state index is -1.94. The zero-order chi connectivity index (χ0) is 21.6. The van der Waals surface area contributed by atoms with Gasteiger partial charge in [-0.3, -0.25) is 4.79 Å². The van der Waals surface area contributed by atoms with Crippen LogP contribution in [0.5, 0.6) is 5.75 Å². The molecule has 1 heterocycles. The molecule has 2 aromatic carbocycles. The molecule has 0 saturated carbocycles. The monoisotopic (exact) mass is 477 g/mol. The fraction of sp³-hybridized carbons (Fsp3) is 0.409. The number of aliphatic hydroxyl groups is 1. The molecule has 5 nitrogen and oxygen atoms in total. The maximum absolute atomic E-state index is 12.8. The molecule has 0 aromatic heterocycles. The molecule has 3 rings (SSSR count). The van der Waals surface area contributed by atoms with Gasteiger partial charge in [0.1, 0.15) is 5.75 Å². The van der Waals surface area contributed by atoms with Crippen LogP contribution in [-0.4, -0.2) is 26.4 Å². The van der Waals surface area contributed by atoms with E-state index in [-0.39, 0.29) is 5.04 Å². The Morgan fingerprint density at radius 2 is 1.83 bits per heavy atom. The van der Waals surface area contributed by atoms with Crippen LogP contribution in [0.25, 0.3) is 0 Å². The number of methoxy groups -OCH3 is 1. The van der Waals surface area contributed by atoms with Crippen molar-refractivity contribution in [3.8, 4) is 5.75 Å². The maximum Gasteiger partial charge on any atom is 0.266 e. The molecule has 7 heteroatoms. The van der Waals surface area contributed by atoms with Crippen LogP contribution >= 0.6 is 15.9 Å². The number of carbonyl (C=O) groups is 1. The van der Waals surface area contributed by atoms with Crippen molar-refractivity contribution in [1.29, 1.82) is 0 Å². The van der Waals surface area contributed by atoms with Gasteiger partial charge < -0.3 is 19.6 Å². The summed E-state index contributed by atoms with van der Waals surface area (Å²) in [4.78, 5) is 12.8. The third-order valence-electron chi connectivity index (χ3n) is 6.01. The summed E-state index contributed by atoms with van der Waals surface area (Å²) in [5, 5.41) is 14.4. The second-order valence-corrected chi connectivity index (χ2v) is 14.7. The lowest BCUT2D eigenvalue weighted by Crippen LogP contribution is -2.40. The number of amides is 1. The van der Waals surface area contributed by atoms with E-state index < -0.39 is 19.8 Å². The summed E-state index contributed by atoms with van der Waals surface area (Å²) in [6, 6.07) is 10.8. The SMILES string of the molecule is COc1ccc(CO[Si](C)(C)C(C)(C)C)cc1C1(O)C(=O)Nc2ccc(Br)cc21. The number of hydrogen-bond donors (Lipinski definition) is 2. The van der Waals surface area contributed by atoms with E-state index in [4.69, 9.17) is 9.16 Å². The van der Waals surface area contributed by atoms with Crippen LogP contribution in [0.1, 0.15) is 37.5 Å². The third kappa shape index (κ3) is 3.89. The quantitative estimate of drug-likeness (QED) is 0.582. The van der Waals surface area contributed by atoms with Crippen LogP contribution in [0, 0.1) is 0 Å². The lowest BCUT2D eigenvalue weighted by atomic mass is 9.86. The van der Waals surface area contributed by atoms with Gasteiger partial charge in [0.25, 0.3) is 5.91 Å². The summed E-state index contributed by atoms with van der Waals surface area (Å²) in [7, 11) is -0.405. The molecule has 1 unspecified atom stereocenters. The highest BCUT2D eigenvalue weighted by atomic mass is 79.9. The maximum atomic E-state index is 12.8. The number of rotatable bonds is 5. The second kappa shape index (κ2) is 7.54. The van der Waals surface area contributed by atoms with E-state index in [0.717, 1.165) is 10.0 Å². The van der Waals surface area contributed by atoms with Gasteiger partial charge in [-0.15, -0.1) is 0 Å². The molecule has 1 aliphatic rings. The van der Waals surface area contributed by atoms with Crippen LogP contribution in [-0.2, 0) is 21.4 Å². The van der Waals surface area contributed by atoms with Crippen LogP contribution in [0.2, 0.25) is 18.1 Å². The molecule has 2 N–H and O–H groups in total. The van der Waals surface area contributed by atoms with Crippen molar-refractivity contribution in [2.75, 3.05) is 12.4 Å². The van der Waals surface area contributed by atoms with Gasteiger partial charge in [-0.25, -0.2) is 0 Å². The van der Waals surface area contributed by atoms with Crippen LogP contribution in [0.4, 0.5) is 5.69 Å². The van der Waals surface area contributed by atoms with Gasteiger partial charge in [-0.2, -0.15) is 0 Å². The summed E-state index contributed by atoms with van der Waals surface area (Å²) in [6.07, 6.45) is 0. The highest BCUT2D eigenvalue weighted by molar-refractivity contribution is 9.10. The van der Waals surface area contributed by atoms with E-state index in [2.05, 4.69) is 55.1 Å². The Labute approximate surface area is 181 Å². The first-order chi connectivity index (χ1) is 13.4. The summed E-state index contributed by atoms with van der Waals surface area (Å²) in [5.74, 6) is -0.0436. The molecule has 0 aliphatic carbocycles. The van der Waals surface area contributed by atoms with Gasteiger partial charge in [0.15, 0.2) is 13.9 Å². The zero-order valence-electron chi connectivity index (χ0n) is 17.7. The highest BCUT2D eigenvalue weighted by Gasteiger charge is 2.49. The number of carbonyl (C=O) groups excluding carboxylic acids is 1. The molecule has 156 valence electrons. The fourth-order valence-electron chi connectivity index (χ4n) is 3.14. The molecule has 1 atom stereocenters. The zero-order valence-corrected chi connectivity index (χ0v) is 20.3. The second-order valence-electron chi connectivity index (χ2n) is 8.94. The Morgan fingerprint density at radius 1 is 1.14 bits per heavy atom. The Hall–Kier alpha value is -1.67. The average molecular weight is 478 g/mol. The van der Waals surface area contributed by atoms with E-state index in [1.54, 1.807) is 18.2 Å². The number of halogens is 1. The number of hydrogen-bond acceptors (Lipinski definition) is 4. The molecular formula is C22H28BrNO4Si. The summed E-state index contributed by atoms with van der Waals surface area (Å²) in [5.41, 5.74) is 0.543. The van der Waals surface area contributed by atoms with Gasteiger partial charge in [-0.1, -0.05) is 42.8 Å². The van der Waals surface area contributed by atoms with Gasteiger partial charge in [0.2, 0.25) is 0 Å². The van der Waals surface area contributed by atoms with E-state index in [1.165, 1.54) is 7.11 Å². The molecule has 0 spiro atoms. The lowest BCUT2D eigenvalue weighted by Gasteiger charge is -2.36. The normalized spacial score (nSPS) is 19.1. The van der Waals surface area contributed by atoms with E-state index >= 15 is 0 Å². The standard InChI is InChI=1S/C22H28BrNO4Si/c1-21(2,3)29(5,6)28-13-14-7-10-19(27-4)17(11-14)22(26)16-12-15(23)8-9-18(16)24-20(22)25/h7-12,26H,13H2,1-6H3,(H,24,25). The van der Waals surface area contributed by atoms with E-state index in [1.807, 2.05) is 18.2 Å². The fourth-order valence-corrected chi connectivity index (χ4v) is 4.46. The molecule has 1 aliphatic heterocycles. The summed E-state index contributed by atoms with van der Waals surface area (Å²) < 4.78 is 12.6.